The van der Waals surface area contributed by atoms with Crippen molar-refractivity contribution in [3.8, 4) is 34.1 Å². The molecule has 3 aromatic carbocycles. The molecule has 0 atom stereocenters. The van der Waals surface area contributed by atoms with Crippen molar-refractivity contribution in [1.29, 1.82) is 0 Å². The van der Waals surface area contributed by atoms with Gasteiger partial charge in [0, 0.05) is 17.3 Å². The van der Waals surface area contributed by atoms with Crippen LogP contribution in [0.25, 0.3) is 33.4 Å². The number of carboxylic acid groups (broad SMARTS) is 1. The molecule has 0 fully saturated rings. The molecule has 0 amide bonds. The summed E-state index contributed by atoms with van der Waals surface area (Å²) >= 11 is 6.57. The zero-order valence-corrected chi connectivity index (χ0v) is 18.3. The van der Waals surface area contributed by atoms with Crippen molar-refractivity contribution < 1.29 is 14.6 Å². The van der Waals surface area contributed by atoms with Crippen LogP contribution in [0.1, 0.15) is 15.9 Å². The second-order valence-corrected chi connectivity index (χ2v) is 7.97. The maximum absolute atomic E-state index is 11.4. The number of hydrogen-bond donors (Lipinski definition) is 2. The lowest BCUT2D eigenvalue weighted by atomic mass is 10.0. The molecule has 2 N–H and O–H groups in total. The van der Waals surface area contributed by atoms with Gasteiger partial charge in [-0.25, -0.2) is 4.79 Å². The molecule has 0 aliphatic rings. The Morgan fingerprint density at radius 3 is 2.52 bits per heavy atom. The molecule has 5 rings (SSSR count). The Bertz CT molecular complexity index is 1480. The first kappa shape index (κ1) is 20.7. The summed E-state index contributed by atoms with van der Waals surface area (Å²) in [5.74, 6) is -0.624. The van der Waals surface area contributed by atoms with Gasteiger partial charge in [-0.05, 0) is 54.4 Å². The summed E-state index contributed by atoms with van der Waals surface area (Å²) in [5.41, 5.74) is 5.97. The van der Waals surface area contributed by atoms with E-state index in [0.29, 0.717) is 21.9 Å². The molecule has 0 aliphatic carbocycles. The summed E-state index contributed by atoms with van der Waals surface area (Å²) in [7, 11) is 0. The molecule has 33 heavy (non-hydrogen) atoms. The Morgan fingerprint density at radius 2 is 1.79 bits per heavy atom. The Hall–Kier alpha value is -4.16. The predicted octanol–water partition coefficient (Wildman–Crippen LogP) is 6.74. The number of carboxylic acids is 1. The van der Waals surface area contributed by atoms with Gasteiger partial charge in [0.2, 0.25) is 0 Å². The summed E-state index contributed by atoms with van der Waals surface area (Å²) < 4.78 is 5.78. The van der Waals surface area contributed by atoms with Gasteiger partial charge < -0.3 is 14.8 Å². The van der Waals surface area contributed by atoms with Gasteiger partial charge in [0.25, 0.3) is 6.01 Å². The molecule has 0 saturated heterocycles. The molecule has 5 aromatic rings. The molecule has 2 aromatic heterocycles. The number of aromatic amines is 1. The summed E-state index contributed by atoms with van der Waals surface area (Å²) in [6, 6.07) is 22.7. The molecule has 162 valence electrons. The highest BCUT2D eigenvalue weighted by Gasteiger charge is 2.13. The number of carbonyl (C=O) groups is 1. The van der Waals surface area contributed by atoms with E-state index in [1.807, 2.05) is 48.5 Å². The van der Waals surface area contributed by atoms with Gasteiger partial charge in [-0.3, -0.25) is 4.98 Å². The molecular formula is C26H18ClN3O3. The quantitative estimate of drug-likeness (QED) is 0.306. The van der Waals surface area contributed by atoms with Crippen LogP contribution in [-0.4, -0.2) is 26.0 Å². The van der Waals surface area contributed by atoms with Crippen LogP contribution in [0.5, 0.6) is 11.8 Å². The normalized spacial score (nSPS) is 11.0. The van der Waals surface area contributed by atoms with Gasteiger partial charge in [0.1, 0.15) is 5.75 Å². The van der Waals surface area contributed by atoms with Crippen molar-refractivity contribution in [2.24, 2.45) is 0 Å². The summed E-state index contributed by atoms with van der Waals surface area (Å²) in [5, 5.41) is 9.90. The first-order valence-corrected chi connectivity index (χ1v) is 10.6. The number of imidazole rings is 1. The molecule has 0 saturated carbocycles. The molecular weight excluding hydrogens is 438 g/mol. The van der Waals surface area contributed by atoms with E-state index in [1.54, 1.807) is 31.3 Å². The van der Waals surface area contributed by atoms with E-state index in [1.165, 1.54) is 6.07 Å². The van der Waals surface area contributed by atoms with Crippen molar-refractivity contribution in [3.05, 3.63) is 95.1 Å². The second kappa shape index (κ2) is 8.41. The smallest absolute Gasteiger partial charge is 0.336 e. The van der Waals surface area contributed by atoms with Gasteiger partial charge in [-0.15, -0.1) is 0 Å². The van der Waals surface area contributed by atoms with Crippen LogP contribution in [0.3, 0.4) is 0 Å². The largest absolute Gasteiger partial charge is 0.478 e. The predicted molar refractivity (Wildman–Crippen MR) is 128 cm³/mol. The number of halogens is 1. The number of ether oxygens (including phenoxy) is 1. The lowest BCUT2D eigenvalue weighted by Crippen LogP contribution is -2.00. The summed E-state index contributed by atoms with van der Waals surface area (Å²) in [6.45, 7) is 1.74. The minimum atomic E-state index is -1.01. The van der Waals surface area contributed by atoms with Crippen LogP contribution in [0.2, 0.25) is 5.02 Å². The van der Waals surface area contributed by atoms with Gasteiger partial charge in [0.15, 0.2) is 0 Å². The van der Waals surface area contributed by atoms with Crippen molar-refractivity contribution in [3.63, 3.8) is 0 Å². The fraction of sp³-hybridized carbons (Fsp3) is 0.0385. The average molecular weight is 456 g/mol. The van der Waals surface area contributed by atoms with E-state index in [-0.39, 0.29) is 11.6 Å². The number of nitrogens with zero attached hydrogens (tertiary/aromatic N) is 2. The van der Waals surface area contributed by atoms with E-state index >= 15 is 0 Å². The van der Waals surface area contributed by atoms with E-state index in [0.717, 1.165) is 27.9 Å². The SMILES string of the molecule is Cc1ccc(Oc2nc3cc(-c4ccc(-c5ccccn5)cc4)c(Cl)cc3[nH]2)cc1C(=O)O. The van der Waals surface area contributed by atoms with Crippen LogP contribution < -0.4 is 4.74 Å². The van der Waals surface area contributed by atoms with Crippen molar-refractivity contribution in [2.75, 3.05) is 0 Å². The van der Waals surface area contributed by atoms with Crippen LogP contribution in [0.4, 0.5) is 0 Å². The van der Waals surface area contributed by atoms with Gasteiger partial charge in [-0.2, -0.15) is 4.98 Å². The number of hydrogen-bond acceptors (Lipinski definition) is 4. The molecule has 0 bridgehead atoms. The summed E-state index contributed by atoms with van der Waals surface area (Å²) in [4.78, 5) is 23.3. The van der Waals surface area contributed by atoms with Gasteiger partial charge >= 0.3 is 5.97 Å². The highest BCUT2D eigenvalue weighted by Crippen LogP contribution is 2.34. The third-order valence-corrected chi connectivity index (χ3v) is 5.67. The van der Waals surface area contributed by atoms with Crippen LogP contribution in [0.15, 0.2) is 79.0 Å². The lowest BCUT2D eigenvalue weighted by molar-refractivity contribution is 0.0695. The van der Waals surface area contributed by atoms with Crippen molar-refractivity contribution in [1.82, 2.24) is 15.0 Å². The number of aryl methyl sites for hydroxylation is 1. The fourth-order valence-electron chi connectivity index (χ4n) is 3.64. The zero-order chi connectivity index (χ0) is 22.9. The number of aromatic carboxylic acids is 1. The fourth-order valence-corrected chi connectivity index (χ4v) is 3.91. The Morgan fingerprint density at radius 1 is 1.00 bits per heavy atom. The third kappa shape index (κ3) is 4.16. The molecule has 6 nitrogen and oxygen atoms in total. The van der Waals surface area contributed by atoms with Crippen molar-refractivity contribution in [2.45, 2.75) is 6.92 Å². The highest BCUT2D eigenvalue weighted by atomic mass is 35.5. The second-order valence-electron chi connectivity index (χ2n) is 7.57. The average Bonchev–Trinajstić information content (AvgIpc) is 3.21. The first-order valence-electron chi connectivity index (χ1n) is 10.2. The van der Waals surface area contributed by atoms with Crippen LogP contribution in [0, 0.1) is 6.92 Å². The molecule has 0 unspecified atom stereocenters. The molecule has 2 heterocycles. The number of H-pyrrole nitrogens is 1. The maximum Gasteiger partial charge on any atom is 0.336 e. The molecule has 0 radical (unpaired) electrons. The Kier molecular flexibility index (Phi) is 5.28. The maximum atomic E-state index is 11.4. The number of aromatic nitrogens is 3. The van der Waals surface area contributed by atoms with Gasteiger partial charge in [0.05, 0.1) is 27.3 Å². The third-order valence-electron chi connectivity index (χ3n) is 5.36. The monoisotopic (exact) mass is 455 g/mol. The number of rotatable bonds is 5. The minimum Gasteiger partial charge on any atom is -0.478 e. The van der Waals surface area contributed by atoms with E-state index < -0.39 is 5.97 Å². The zero-order valence-electron chi connectivity index (χ0n) is 17.5. The van der Waals surface area contributed by atoms with Crippen LogP contribution >= 0.6 is 11.6 Å². The number of fused-ring (bicyclic) bond motifs is 1. The van der Waals surface area contributed by atoms with E-state index in [2.05, 4.69) is 15.0 Å². The first-order chi connectivity index (χ1) is 16.0. The molecule has 7 heteroatoms. The Labute approximate surface area is 194 Å². The van der Waals surface area contributed by atoms with E-state index in [9.17, 15) is 9.90 Å². The standard InChI is InChI=1S/C26H18ClN3O3/c1-15-5-10-18(12-19(15)25(31)32)33-26-29-23-13-20(21(27)14-24(23)30-26)16-6-8-17(9-7-16)22-4-2-3-11-28-22/h2-14H,1H3,(H,29,30)(H,31,32). The topological polar surface area (TPSA) is 88.1 Å². The van der Waals surface area contributed by atoms with E-state index in [4.69, 9.17) is 16.3 Å². The van der Waals surface area contributed by atoms with Crippen molar-refractivity contribution >= 4 is 28.6 Å². The number of pyridine rings is 1. The molecule has 0 spiro atoms. The Balaban J connectivity index is 1.45. The number of benzene rings is 3. The van der Waals surface area contributed by atoms with Crippen LogP contribution in [-0.2, 0) is 0 Å². The number of nitrogens with one attached hydrogen (secondary N) is 1. The lowest BCUT2D eigenvalue weighted by Gasteiger charge is -2.06. The summed E-state index contributed by atoms with van der Waals surface area (Å²) in [6.07, 6.45) is 1.77. The van der Waals surface area contributed by atoms with Gasteiger partial charge in [-0.1, -0.05) is 48.0 Å². The molecule has 0 aliphatic heterocycles. The highest BCUT2D eigenvalue weighted by molar-refractivity contribution is 6.34. The minimum absolute atomic E-state index is 0.183.